The molecule has 0 N–H and O–H groups in total. The molecule has 4 nitrogen and oxygen atoms in total. The van der Waals surface area contributed by atoms with Gasteiger partial charge in [-0.15, -0.1) is 10.2 Å². The summed E-state index contributed by atoms with van der Waals surface area (Å²) in [6, 6.07) is 0. The summed E-state index contributed by atoms with van der Waals surface area (Å²) in [4.78, 5) is 1.87. The van der Waals surface area contributed by atoms with Crippen molar-refractivity contribution in [2.45, 2.75) is 38.1 Å². The molecule has 2 aliphatic rings. The molecule has 0 radical (unpaired) electrons. The quantitative estimate of drug-likeness (QED) is 0.840. The van der Waals surface area contributed by atoms with Crippen LogP contribution in [0.15, 0.2) is 0 Å². The number of anilines is 1. The van der Waals surface area contributed by atoms with Crippen LogP contribution in [0, 0.1) is 5.92 Å². The normalized spacial score (nSPS) is 28.7. The first-order chi connectivity index (χ1) is 8.93. The predicted octanol–water partition coefficient (Wildman–Crippen LogP) is 2.56. The molecule has 2 heterocycles. The summed E-state index contributed by atoms with van der Waals surface area (Å²) in [5.41, 5.74) is 0. The highest BCUT2D eigenvalue weighted by Gasteiger charge is 2.40. The average Bonchev–Trinajstić information content (AvgIpc) is 3.03. The maximum absolute atomic E-state index is 12.5. The van der Waals surface area contributed by atoms with E-state index in [1.165, 1.54) is 0 Å². The number of hydrogen-bond acceptors (Lipinski definition) is 5. The van der Waals surface area contributed by atoms with Gasteiger partial charge in [-0.2, -0.15) is 13.2 Å². The molecule has 3 rings (SSSR count). The van der Waals surface area contributed by atoms with Crippen molar-refractivity contribution in [1.29, 1.82) is 0 Å². The number of alkyl halides is 3. The molecule has 0 bridgehead atoms. The lowest BCUT2D eigenvalue weighted by molar-refractivity contribution is -0.138. The van der Waals surface area contributed by atoms with Gasteiger partial charge in [0, 0.05) is 13.1 Å². The summed E-state index contributed by atoms with van der Waals surface area (Å²) >= 11 is 0.606. The van der Waals surface area contributed by atoms with Gasteiger partial charge >= 0.3 is 6.18 Å². The lowest BCUT2D eigenvalue weighted by atomic mass is 10.1. The van der Waals surface area contributed by atoms with Crippen LogP contribution in [-0.4, -0.2) is 35.5 Å². The summed E-state index contributed by atoms with van der Waals surface area (Å²) in [7, 11) is 0. The Morgan fingerprint density at radius 3 is 2.58 bits per heavy atom. The van der Waals surface area contributed by atoms with Crippen LogP contribution >= 0.6 is 11.3 Å². The van der Waals surface area contributed by atoms with Crippen LogP contribution in [0.4, 0.5) is 18.3 Å². The van der Waals surface area contributed by atoms with Crippen molar-refractivity contribution in [2.75, 3.05) is 18.0 Å². The molecule has 106 valence electrons. The zero-order chi connectivity index (χ0) is 13.6. The van der Waals surface area contributed by atoms with Crippen LogP contribution in [0.1, 0.15) is 24.8 Å². The zero-order valence-corrected chi connectivity index (χ0v) is 11.2. The van der Waals surface area contributed by atoms with Gasteiger partial charge in [0.15, 0.2) is 0 Å². The number of nitrogens with zero attached hydrogens (tertiary/aromatic N) is 3. The van der Waals surface area contributed by atoms with Crippen molar-refractivity contribution in [1.82, 2.24) is 10.2 Å². The molecule has 1 saturated carbocycles. The Kier molecular flexibility index (Phi) is 3.17. The molecule has 8 heteroatoms. The molecule has 19 heavy (non-hydrogen) atoms. The maximum Gasteiger partial charge on any atom is 0.445 e. The lowest BCUT2D eigenvalue weighted by Gasteiger charge is -2.36. The fourth-order valence-electron chi connectivity index (χ4n) is 2.33. The van der Waals surface area contributed by atoms with Gasteiger partial charge in [0.1, 0.15) is 0 Å². The standard InChI is InChI=1S/C11H14F3N3OS/c1-6-4-17(5-8(18-6)7-2-3-7)10-16-15-9(19-10)11(12,13)14/h6-8H,2-5H2,1H3/t6-,8+/m0/s1. The van der Waals surface area contributed by atoms with Gasteiger partial charge in [0.25, 0.3) is 0 Å². The first-order valence-corrected chi connectivity index (χ1v) is 7.06. The lowest BCUT2D eigenvalue weighted by Crippen LogP contribution is -2.47. The highest BCUT2D eigenvalue weighted by Crippen LogP contribution is 2.39. The van der Waals surface area contributed by atoms with E-state index in [0.717, 1.165) is 12.8 Å². The first-order valence-electron chi connectivity index (χ1n) is 6.24. The maximum atomic E-state index is 12.5. The summed E-state index contributed by atoms with van der Waals surface area (Å²) in [6.07, 6.45) is -1.99. The van der Waals surface area contributed by atoms with Gasteiger partial charge in [-0.3, -0.25) is 0 Å². The van der Waals surface area contributed by atoms with E-state index in [4.69, 9.17) is 4.74 Å². The molecule has 1 aromatic rings. The number of hydrogen-bond donors (Lipinski definition) is 0. The third-order valence-corrected chi connectivity index (χ3v) is 4.39. The topological polar surface area (TPSA) is 38.2 Å². The summed E-state index contributed by atoms with van der Waals surface area (Å²) < 4.78 is 43.4. The second kappa shape index (κ2) is 4.59. The van der Waals surface area contributed by atoms with Gasteiger partial charge in [-0.25, -0.2) is 0 Å². The van der Waals surface area contributed by atoms with Gasteiger partial charge in [-0.05, 0) is 25.7 Å². The highest BCUT2D eigenvalue weighted by atomic mass is 32.1. The fraction of sp³-hybridized carbons (Fsp3) is 0.818. The Balaban J connectivity index is 1.75. The van der Waals surface area contributed by atoms with Crippen LogP contribution < -0.4 is 4.90 Å². The first kappa shape index (κ1) is 13.1. The van der Waals surface area contributed by atoms with Crippen molar-refractivity contribution in [2.24, 2.45) is 5.92 Å². The van der Waals surface area contributed by atoms with Crippen LogP contribution in [-0.2, 0) is 10.9 Å². The predicted molar refractivity (Wildman–Crippen MR) is 64.2 cm³/mol. The number of aromatic nitrogens is 2. The van der Waals surface area contributed by atoms with Crippen LogP contribution in [0.5, 0.6) is 0 Å². The third kappa shape index (κ3) is 2.84. The summed E-state index contributed by atoms with van der Waals surface area (Å²) in [6.45, 7) is 3.12. The molecule has 1 aromatic heterocycles. The van der Waals surface area contributed by atoms with Gasteiger partial charge in [0.2, 0.25) is 10.1 Å². The van der Waals surface area contributed by atoms with Crippen molar-refractivity contribution in [3.63, 3.8) is 0 Å². The molecule has 0 aromatic carbocycles. The molecular weight excluding hydrogens is 279 g/mol. The van der Waals surface area contributed by atoms with E-state index >= 15 is 0 Å². The molecule has 0 amide bonds. The highest BCUT2D eigenvalue weighted by molar-refractivity contribution is 7.15. The Hall–Kier alpha value is -0.890. The monoisotopic (exact) mass is 293 g/mol. The van der Waals surface area contributed by atoms with E-state index in [-0.39, 0.29) is 12.2 Å². The Morgan fingerprint density at radius 2 is 2.00 bits per heavy atom. The number of rotatable bonds is 2. The van der Waals surface area contributed by atoms with Gasteiger partial charge in [-0.1, -0.05) is 11.3 Å². The zero-order valence-electron chi connectivity index (χ0n) is 10.4. The van der Waals surface area contributed by atoms with Crippen LogP contribution in [0.25, 0.3) is 0 Å². The molecule has 1 saturated heterocycles. The average molecular weight is 293 g/mol. The van der Waals surface area contributed by atoms with E-state index in [9.17, 15) is 13.2 Å². The number of morpholine rings is 1. The largest absolute Gasteiger partial charge is 0.445 e. The molecule has 2 fully saturated rings. The van der Waals surface area contributed by atoms with E-state index < -0.39 is 11.2 Å². The minimum absolute atomic E-state index is 0.0117. The fourth-order valence-corrected chi connectivity index (χ4v) is 3.06. The molecule has 0 unspecified atom stereocenters. The van der Waals surface area contributed by atoms with Crippen molar-refractivity contribution < 1.29 is 17.9 Å². The number of ether oxygens (including phenoxy) is 1. The summed E-state index contributed by atoms with van der Waals surface area (Å²) in [5, 5.41) is 6.36. The molecular formula is C11H14F3N3OS. The number of halogens is 3. The van der Waals surface area contributed by atoms with E-state index in [1.807, 2.05) is 11.8 Å². The molecule has 2 atom stereocenters. The second-order valence-corrected chi connectivity index (χ2v) is 6.07. The van der Waals surface area contributed by atoms with Crippen molar-refractivity contribution in [3.05, 3.63) is 5.01 Å². The third-order valence-electron chi connectivity index (χ3n) is 3.36. The minimum Gasteiger partial charge on any atom is -0.371 e. The van der Waals surface area contributed by atoms with Gasteiger partial charge in [0.05, 0.1) is 12.2 Å². The molecule has 0 spiro atoms. The van der Waals surface area contributed by atoms with Crippen molar-refractivity contribution in [3.8, 4) is 0 Å². The Bertz CT molecular complexity index is 460. The smallest absolute Gasteiger partial charge is 0.371 e. The Morgan fingerprint density at radius 1 is 1.26 bits per heavy atom. The second-order valence-electron chi connectivity index (χ2n) is 5.12. The van der Waals surface area contributed by atoms with Gasteiger partial charge < -0.3 is 9.64 Å². The van der Waals surface area contributed by atoms with E-state index in [1.54, 1.807) is 0 Å². The molecule has 1 aliphatic carbocycles. The van der Waals surface area contributed by atoms with E-state index in [0.29, 0.717) is 35.5 Å². The summed E-state index contributed by atoms with van der Waals surface area (Å²) in [5.74, 6) is 0.556. The van der Waals surface area contributed by atoms with Crippen LogP contribution in [0.3, 0.4) is 0 Å². The van der Waals surface area contributed by atoms with Crippen LogP contribution in [0.2, 0.25) is 0 Å². The Labute approximate surface area is 112 Å². The minimum atomic E-state index is -4.41. The molecule has 1 aliphatic heterocycles. The van der Waals surface area contributed by atoms with Crippen molar-refractivity contribution >= 4 is 16.5 Å². The SMILES string of the molecule is C[C@H]1CN(c2nnc(C(F)(F)F)s2)C[C@H](C2CC2)O1. The van der Waals surface area contributed by atoms with E-state index in [2.05, 4.69) is 10.2 Å².